The van der Waals surface area contributed by atoms with E-state index >= 15 is 0 Å². The number of benzene rings is 1. The van der Waals surface area contributed by atoms with Gasteiger partial charge in [-0.2, -0.15) is 5.26 Å². The van der Waals surface area contributed by atoms with E-state index in [0.29, 0.717) is 11.1 Å². The predicted molar refractivity (Wildman–Crippen MR) is 82.9 cm³/mol. The Bertz CT molecular complexity index is 718. The molecule has 0 fully saturated rings. The Labute approximate surface area is 124 Å². The fourth-order valence-corrected chi connectivity index (χ4v) is 2.81. The van der Waals surface area contributed by atoms with Crippen molar-refractivity contribution in [1.82, 2.24) is 4.57 Å². The Morgan fingerprint density at radius 2 is 1.86 bits per heavy atom. The molecule has 0 aliphatic heterocycles. The van der Waals surface area contributed by atoms with Crippen molar-refractivity contribution in [2.45, 2.75) is 33.7 Å². The SMILES string of the molecule is CCCn1c(C)c(C(N)=O)c(-c2ccc(C#N)cc2)c1C. The van der Waals surface area contributed by atoms with Gasteiger partial charge in [0.1, 0.15) is 0 Å². The molecule has 2 N–H and O–H groups in total. The third kappa shape index (κ3) is 2.55. The van der Waals surface area contributed by atoms with Gasteiger partial charge in [-0.15, -0.1) is 0 Å². The first-order valence-corrected chi connectivity index (χ1v) is 7.01. The summed E-state index contributed by atoms with van der Waals surface area (Å²) in [5, 5.41) is 8.89. The highest BCUT2D eigenvalue weighted by molar-refractivity contribution is 6.02. The number of amides is 1. The van der Waals surface area contributed by atoms with E-state index in [1.54, 1.807) is 12.1 Å². The van der Waals surface area contributed by atoms with Crippen molar-refractivity contribution < 1.29 is 4.79 Å². The molecule has 21 heavy (non-hydrogen) atoms. The first-order chi connectivity index (χ1) is 10.0. The van der Waals surface area contributed by atoms with E-state index in [-0.39, 0.29) is 0 Å². The minimum Gasteiger partial charge on any atom is -0.366 e. The zero-order valence-corrected chi connectivity index (χ0v) is 12.6. The average molecular weight is 281 g/mol. The van der Waals surface area contributed by atoms with Gasteiger partial charge >= 0.3 is 0 Å². The molecule has 0 radical (unpaired) electrons. The highest BCUT2D eigenvalue weighted by atomic mass is 16.1. The van der Waals surface area contributed by atoms with E-state index < -0.39 is 5.91 Å². The van der Waals surface area contributed by atoms with Crippen LogP contribution in [0.2, 0.25) is 0 Å². The van der Waals surface area contributed by atoms with Gasteiger partial charge in [-0.1, -0.05) is 19.1 Å². The molecule has 0 spiro atoms. The minimum atomic E-state index is -0.412. The molecule has 1 aromatic carbocycles. The summed E-state index contributed by atoms with van der Waals surface area (Å²) in [5.74, 6) is -0.412. The molecule has 1 aromatic heterocycles. The second-order valence-electron chi connectivity index (χ2n) is 5.13. The van der Waals surface area contributed by atoms with E-state index in [0.717, 1.165) is 35.5 Å². The Morgan fingerprint density at radius 3 is 2.33 bits per heavy atom. The number of hydrogen-bond donors (Lipinski definition) is 1. The van der Waals surface area contributed by atoms with Crippen molar-refractivity contribution in [2.75, 3.05) is 0 Å². The van der Waals surface area contributed by atoms with Crippen LogP contribution in [-0.4, -0.2) is 10.5 Å². The molecule has 0 unspecified atom stereocenters. The van der Waals surface area contributed by atoms with Crippen LogP contribution in [0.25, 0.3) is 11.1 Å². The molecule has 4 nitrogen and oxygen atoms in total. The summed E-state index contributed by atoms with van der Waals surface area (Å²) in [6.45, 7) is 6.89. The van der Waals surface area contributed by atoms with Gasteiger partial charge in [-0.3, -0.25) is 4.79 Å². The lowest BCUT2D eigenvalue weighted by Crippen LogP contribution is -2.13. The monoisotopic (exact) mass is 281 g/mol. The highest BCUT2D eigenvalue weighted by Gasteiger charge is 2.22. The van der Waals surface area contributed by atoms with Crippen molar-refractivity contribution in [1.29, 1.82) is 5.26 Å². The molecule has 0 saturated carbocycles. The second-order valence-corrected chi connectivity index (χ2v) is 5.13. The summed E-state index contributed by atoms with van der Waals surface area (Å²) in [6.07, 6.45) is 0.987. The lowest BCUT2D eigenvalue weighted by molar-refractivity contribution is 0.1000. The third-order valence-electron chi connectivity index (χ3n) is 3.78. The van der Waals surface area contributed by atoms with Crippen molar-refractivity contribution in [3.8, 4) is 17.2 Å². The molecular formula is C17H19N3O. The van der Waals surface area contributed by atoms with E-state index in [1.807, 2.05) is 26.0 Å². The quantitative estimate of drug-likeness (QED) is 0.935. The van der Waals surface area contributed by atoms with Crippen LogP contribution >= 0.6 is 0 Å². The van der Waals surface area contributed by atoms with Crippen molar-refractivity contribution in [2.24, 2.45) is 5.73 Å². The average Bonchev–Trinajstić information content (AvgIpc) is 2.72. The first kappa shape index (κ1) is 14.9. The number of rotatable bonds is 4. The number of nitriles is 1. The summed E-state index contributed by atoms with van der Waals surface area (Å²) in [4.78, 5) is 11.9. The standard InChI is InChI=1S/C17H19N3O/c1-4-9-20-11(2)15(16(12(20)3)17(19)21)14-7-5-13(10-18)6-8-14/h5-8H,4,9H2,1-3H3,(H2,19,21). The van der Waals surface area contributed by atoms with E-state index in [2.05, 4.69) is 17.6 Å². The van der Waals surface area contributed by atoms with Crippen LogP contribution in [0.1, 0.15) is 40.7 Å². The number of aromatic nitrogens is 1. The Balaban J connectivity index is 2.68. The van der Waals surface area contributed by atoms with Gasteiger partial charge in [-0.25, -0.2) is 0 Å². The zero-order chi connectivity index (χ0) is 15.6. The van der Waals surface area contributed by atoms with Gasteiger partial charge < -0.3 is 10.3 Å². The summed E-state index contributed by atoms with van der Waals surface area (Å²) in [5.41, 5.74) is 10.5. The van der Waals surface area contributed by atoms with E-state index in [1.165, 1.54) is 0 Å². The van der Waals surface area contributed by atoms with Gasteiger partial charge in [0.05, 0.1) is 17.2 Å². The minimum absolute atomic E-state index is 0.412. The Kier molecular flexibility index (Phi) is 4.13. The molecular weight excluding hydrogens is 262 g/mol. The van der Waals surface area contributed by atoms with Crippen LogP contribution in [0.4, 0.5) is 0 Å². The molecule has 0 saturated heterocycles. The lowest BCUT2D eigenvalue weighted by Gasteiger charge is -2.07. The Morgan fingerprint density at radius 1 is 1.24 bits per heavy atom. The molecule has 0 bridgehead atoms. The molecule has 1 amide bonds. The van der Waals surface area contributed by atoms with Crippen LogP contribution in [0.15, 0.2) is 24.3 Å². The second kappa shape index (κ2) is 5.84. The van der Waals surface area contributed by atoms with Crippen LogP contribution in [0.5, 0.6) is 0 Å². The summed E-state index contributed by atoms with van der Waals surface area (Å²) in [6, 6.07) is 9.34. The topological polar surface area (TPSA) is 71.8 Å². The van der Waals surface area contributed by atoms with Crippen LogP contribution in [-0.2, 0) is 6.54 Å². The summed E-state index contributed by atoms with van der Waals surface area (Å²) < 4.78 is 2.13. The maximum atomic E-state index is 11.9. The Hall–Kier alpha value is -2.54. The number of carbonyl (C=O) groups excluding carboxylic acids is 1. The van der Waals surface area contributed by atoms with E-state index in [9.17, 15) is 4.79 Å². The zero-order valence-electron chi connectivity index (χ0n) is 12.6. The van der Waals surface area contributed by atoms with Gasteiger partial charge in [0, 0.05) is 23.5 Å². The van der Waals surface area contributed by atoms with Crippen molar-refractivity contribution in [3.05, 3.63) is 46.8 Å². The molecule has 0 aliphatic rings. The van der Waals surface area contributed by atoms with Crippen LogP contribution in [0, 0.1) is 25.2 Å². The number of primary amides is 1. The molecule has 0 atom stereocenters. The first-order valence-electron chi connectivity index (χ1n) is 7.01. The maximum absolute atomic E-state index is 11.9. The molecule has 2 rings (SSSR count). The molecule has 4 heteroatoms. The number of hydrogen-bond acceptors (Lipinski definition) is 2. The third-order valence-corrected chi connectivity index (χ3v) is 3.78. The lowest BCUT2D eigenvalue weighted by atomic mass is 9.99. The van der Waals surface area contributed by atoms with Crippen LogP contribution < -0.4 is 5.73 Å². The van der Waals surface area contributed by atoms with Gasteiger partial charge in [0.2, 0.25) is 0 Å². The predicted octanol–water partition coefficient (Wildman–Crippen LogP) is 3.15. The van der Waals surface area contributed by atoms with E-state index in [4.69, 9.17) is 11.0 Å². The van der Waals surface area contributed by atoms with Crippen LogP contribution in [0.3, 0.4) is 0 Å². The fourth-order valence-electron chi connectivity index (χ4n) is 2.81. The molecule has 108 valence electrons. The number of nitrogens with two attached hydrogens (primary N) is 1. The van der Waals surface area contributed by atoms with Crippen molar-refractivity contribution >= 4 is 5.91 Å². The largest absolute Gasteiger partial charge is 0.366 e. The van der Waals surface area contributed by atoms with Gasteiger partial charge in [-0.05, 0) is 38.0 Å². The molecule has 2 aromatic rings. The maximum Gasteiger partial charge on any atom is 0.251 e. The fraction of sp³-hybridized carbons (Fsp3) is 0.294. The smallest absolute Gasteiger partial charge is 0.251 e. The molecule has 1 heterocycles. The number of nitrogens with zero attached hydrogens (tertiary/aromatic N) is 2. The summed E-state index contributed by atoms with van der Waals surface area (Å²) in [7, 11) is 0. The molecule has 0 aliphatic carbocycles. The normalized spacial score (nSPS) is 10.4. The summed E-state index contributed by atoms with van der Waals surface area (Å²) >= 11 is 0. The highest BCUT2D eigenvalue weighted by Crippen LogP contribution is 2.32. The van der Waals surface area contributed by atoms with Gasteiger partial charge in [0.15, 0.2) is 0 Å². The number of carbonyl (C=O) groups is 1. The van der Waals surface area contributed by atoms with Gasteiger partial charge in [0.25, 0.3) is 5.91 Å². The van der Waals surface area contributed by atoms with Crippen molar-refractivity contribution in [3.63, 3.8) is 0 Å².